The summed E-state index contributed by atoms with van der Waals surface area (Å²) in [6, 6.07) is 18.4. The first kappa shape index (κ1) is 18.0. The highest BCUT2D eigenvalue weighted by Crippen LogP contribution is 2.36. The van der Waals surface area contributed by atoms with Crippen molar-refractivity contribution in [1.82, 2.24) is 10.5 Å². The average molecular weight is 362 g/mol. The van der Waals surface area contributed by atoms with Crippen LogP contribution in [0, 0.1) is 0 Å². The lowest BCUT2D eigenvalue weighted by atomic mass is 9.82. The standard InChI is InChI=1S/C23H26N2O2/c26-24-15-19-11-13-21(14-22(19)17-6-2-1-3-7-17)27-16-20-12-10-18-8-4-5-9-23(18)25-20/h4-5,8-14,17,24,26H,1-3,6-7,15-16H2. The Morgan fingerprint density at radius 2 is 1.85 bits per heavy atom. The maximum Gasteiger partial charge on any atom is 0.130 e. The van der Waals surface area contributed by atoms with Crippen molar-refractivity contribution in [3.63, 3.8) is 0 Å². The lowest BCUT2D eigenvalue weighted by Gasteiger charge is -2.25. The second kappa shape index (κ2) is 8.51. The van der Waals surface area contributed by atoms with E-state index in [1.807, 2.05) is 30.3 Å². The molecule has 1 aliphatic rings. The van der Waals surface area contributed by atoms with Crippen molar-refractivity contribution < 1.29 is 9.94 Å². The van der Waals surface area contributed by atoms with Crippen LogP contribution < -0.4 is 10.2 Å². The van der Waals surface area contributed by atoms with E-state index in [1.165, 1.54) is 37.7 Å². The summed E-state index contributed by atoms with van der Waals surface area (Å²) in [5.41, 5.74) is 6.68. The molecule has 0 aliphatic heterocycles. The van der Waals surface area contributed by atoms with Crippen LogP contribution in [0.1, 0.15) is 54.8 Å². The monoisotopic (exact) mass is 362 g/mol. The Kier molecular flexibility index (Phi) is 5.66. The van der Waals surface area contributed by atoms with E-state index in [-0.39, 0.29) is 0 Å². The van der Waals surface area contributed by atoms with Crippen LogP contribution in [0.4, 0.5) is 0 Å². The zero-order chi connectivity index (χ0) is 18.5. The van der Waals surface area contributed by atoms with Crippen molar-refractivity contribution in [2.75, 3.05) is 0 Å². The molecule has 27 heavy (non-hydrogen) atoms. The van der Waals surface area contributed by atoms with Gasteiger partial charge in [0.15, 0.2) is 0 Å². The minimum atomic E-state index is 0.451. The minimum Gasteiger partial charge on any atom is -0.487 e. The van der Waals surface area contributed by atoms with Crippen molar-refractivity contribution in [2.45, 2.75) is 51.2 Å². The minimum absolute atomic E-state index is 0.451. The van der Waals surface area contributed by atoms with Crippen LogP contribution in [0.2, 0.25) is 0 Å². The Morgan fingerprint density at radius 3 is 2.70 bits per heavy atom. The molecular weight excluding hydrogens is 336 g/mol. The summed E-state index contributed by atoms with van der Waals surface area (Å²) in [6.45, 7) is 0.922. The molecule has 2 N–H and O–H groups in total. The molecule has 4 heteroatoms. The number of pyridine rings is 1. The molecule has 0 bridgehead atoms. The van der Waals surface area contributed by atoms with E-state index in [2.05, 4.69) is 34.7 Å². The maximum atomic E-state index is 9.16. The summed E-state index contributed by atoms with van der Waals surface area (Å²) >= 11 is 0. The molecule has 0 spiro atoms. The molecule has 1 heterocycles. The highest BCUT2D eigenvalue weighted by Gasteiger charge is 2.19. The first-order valence-electron chi connectivity index (χ1n) is 9.81. The van der Waals surface area contributed by atoms with Gasteiger partial charge in [-0.2, -0.15) is 0 Å². The van der Waals surface area contributed by atoms with Gasteiger partial charge in [0.25, 0.3) is 0 Å². The third kappa shape index (κ3) is 4.29. The molecule has 0 unspecified atom stereocenters. The molecule has 2 aromatic carbocycles. The van der Waals surface area contributed by atoms with Gasteiger partial charge in [0.05, 0.1) is 11.2 Å². The molecule has 4 rings (SSSR count). The molecule has 1 aromatic heterocycles. The van der Waals surface area contributed by atoms with E-state index >= 15 is 0 Å². The Morgan fingerprint density at radius 1 is 1.00 bits per heavy atom. The highest BCUT2D eigenvalue weighted by atomic mass is 16.5. The van der Waals surface area contributed by atoms with Gasteiger partial charge in [0, 0.05) is 11.9 Å². The average Bonchev–Trinajstić information content (AvgIpc) is 2.73. The predicted molar refractivity (Wildman–Crippen MR) is 107 cm³/mol. The number of rotatable bonds is 6. The number of benzene rings is 2. The van der Waals surface area contributed by atoms with E-state index in [0.29, 0.717) is 19.1 Å². The van der Waals surface area contributed by atoms with E-state index in [9.17, 15) is 0 Å². The van der Waals surface area contributed by atoms with Gasteiger partial charge in [-0.3, -0.25) is 0 Å². The van der Waals surface area contributed by atoms with Gasteiger partial charge in [-0.15, -0.1) is 0 Å². The Labute approximate surface area is 160 Å². The molecule has 0 saturated heterocycles. The lowest BCUT2D eigenvalue weighted by Crippen LogP contribution is -2.13. The van der Waals surface area contributed by atoms with E-state index in [4.69, 9.17) is 9.94 Å². The van der Waals surface area contributed by atoms with Crippen molar-refractivity contribution in [3.8, 4) is 5.75 Å². The summed E-state index contributed by atoms with van der Waals surface area (Å²) in [5.74, 6) is 1.43. The normalized spacial score (nSPS) is 15.1. The van der Waals surface area contributed by atoms with Crippen LogP contribution >= 0.6 is 0 Å². The van der Waals surface area contributed by atoms with Gasteiger partial charge in [-0.25, -0.2) is 10.5 Å². The predicted octanol–water partition coefficient (Wildman–Crippen LogP) is 5.34. The number of nitrogens with zero attached hydrogens (tertiary/aromatic N) is 1. The summed E-state index contributed by atoms with van der Waals surface area (Å²) in [4.78, 5) is 4.68. The molecule has 1 aliphatic carbocycles. The number of hydroxylamine groups is 1. The van der Waals surface area contributed by atoms with Crippen LogP contribution in [0.15, 0.2) is 54.6 Å². The second-order valence-corrected chi connectivity index (χ2v) is 7.31. The number of fused-ring (bicyclic) bond motifs is 1. The van der Waals surface area contributed by atoms with Crippen LogP contribution in [0.5, 0.6) is 5.75 Å². The fourth-order valence-electron chi connectivity index (χ4n) is 4.05. The third-order valence-corrected chi connectivity index (χ3v) is 5.47. The number of aromatic nitrogens is 1. The van der Waals surface area contributed by atoms with Gasteiger partial charge < -0.3 is 9.94 Å². The highest BCUT2D eigenvalue weighted by molar-refractivity contribution is 5.78. The second-order valence-electron chi connectivity index (χ2n) is 7.31. The summed E-state index contributed by atoms with van der Waals surface area (Å²) in [6.07, 6.45) is 6.32. The fourth-order valence-corrected chi connectivity index (χ4v) is 4.05. The SMILES string of the molecule is ONCc1ccc(OCc2ccc3ccccc3n2)cc1C1CCCCC1. The Hall–Kier alpha value is -2.43. The van der Waals surface area contributed by atoms with Gasteiger partial charge in [0.1, 0.15) is 12.4 Å². The smallest absolute Gasteiger partial charge is 0.130 e. The third-order valence-electron chi connectivity index (χ3n) is 5.47. The number of hydrogen-bond donors (Lipinski definition) is 2. The van der Waals surface area contributed by atoms with Crippen LogP contribution in [0.3, 0.4) is 0 Å². The number of para-hydroxylation sites is 1. The first-order chi connectivity index (χ1) is 13.3. The van der Waals surface area contributed by atoms with Gasteiger partial charge in [-0.1, -0.05) is 49.6 Å². The van der Waals surface area contributed by atoms with Crippen molar-refractivity contribution in [2.24, 2.45) is 0 Å². The number of hydrogen-bond acceptors (Lipinski definition) is 4. The Balaban J connectivity index is 1.52. The molecule has 3 aromatic rings. The summed E-state index contributed by atoms with van der Waals surface area (Å²) in [7, 11) is 0. The zero-order valence-electron chi connectivity index (χ0n) is 15.5. The van der Waals surface area contributed by atoms with Crippen LogP contribution in [-0.2, 0) is 13.2 Å². The summed E-state index contributed by atoms with van der Waals surface area (Å²) < 4.78 is 6.06. The maximum absolute atomic E-state index is 9.16. The fraction of sp³-hybridized carbons (Fsp3) is 0.348. The van der Waals surface area contributed by atoms with Gasteiger partial charge >= 0.3 is 0 Å². The van der Waals surface area contributed by atoms with E-state index in [0.717, 1.165) is 27.9 Å². The largest absolute Gasteiger partial charge is 0.487 e. The van der Waals surface area contributed by atoms with Crippen molar-refractivity contribution in [3.05, 3.63) is 71.4 Å². The molecule has 1 saturated carbocycles. The summed E-state index contributed by atoms with van der Waals surface area (Å²) in [5, 5.41) is 10.3. The van der Waals surface area contributed by atoms with Crippen molar-refractivity contribution >= 4 is 10.9 Å². The number of nitrogens with one attached hydrogen (secondary N) is 1. The Bertz CT molecular complexity index is 904. The van der Waals surface area contributed by atoms with Gasteiger partial charge in [0.2, 0.25) is 0 Å². The first-order valence-corrected chi connectivity index (χ1v) is 9.81. The lowest BCUT2D eigenvalue weighted by molar-refractivity contribution is 0.160. The van der Waals surface area contributed by atoms with Crippen LogP contribution in [0.25, 0.3) is 10.9 Å². The molecule has 0 amide bonds. The quantitative estimate of drug-likeness (QED) is 0.581. The van der Waals surface area contributed by atoms with Crippen molar-refractivity contribution in [1.29, 1.82) is 0 Å². The molecule has 0 radical (unpaired) electrons. The molecule has 4 nitrogen and oxygen atoms in total. The zero-order valence-corrected chi connectivity index (χ0v) is 15.5. The topological polar surface area (TPSA) is 54.4 Å². The van der Waals surface area contributed by atoms with E-state index < -0.39 is 0 Å². The van der Waals surface area contributed by atoms with Gasteiger partial charge in [-0.05, 0) is 54.2 Å². The van der Waals surface area contributed by atoms with E-state index in [1.54, 1.807) is 0 Å². The molecule has 0 atom stereocenters. The molecule has 1 fully saturated rings. The molecular formula is C23H26N2O2. The number of ether oxygens (including phenoxy) is 1. The molecule has 140 valence electrons. The van der Waals surface area contributed by atoms with Crippen LogP contribution in [-0.4, -0.2) is 10.2 Å².